The van der Waals surface area contributed by atoms with Crippen molar-refractivity contribution in [1.82, 2.24) is 14.7 Å². The van der Waals surface area contributed by atoms with Crippen molar-refractivity contribution >= 4 is 23.4 Å². The molecule has 2 rings (SSSR count). The van der Waals surface area contributed by atoms with Gasteiger partial charge in [0, 0.05) is 39.3 Å². The predicted molar refractivity (Wildman–Crippen MR) is 102 cm³/mol. The van der Waals surface area contributed by atoms with Gasteiger partial charge in [0.25, 0.3) is 5.91 Å². The lowest BCUT2D eigenvalue weighted by Crippen LogP contribution is -2.53. The topological polar surface area (TPSA) is 53.1 Å². The molecule has 1 atom stereocenters. The van der Waals surface area contributed by atoms with E-state index in [0.29, 0.717) is 43.5 Å². The molecule has 1 saturated heterocycles. The standard InChI is InChI=1S/C19H28ClN3O3/c1-4-22(5-2)18(24)14-21-10-12-23(13-11-21)19(25)15(3)26-17-9-7-6-8-16(17)20/h6-9,15H,4-5,10-14H2,1-3H3. The van der Waals surface area contributed by atoms with Gasteiger partial charge >= 0.3 is 0 Å². The van der Waals surface area contributed by atoms with E-state index in [1.54, 1.807) is 24.0 Å². The predicted octanol–water partition coefficient (Wildman–Crippen LogP) is 2.12. The molecule has 0 aromatic heterocycles. The molecular weight excluding hydrogens is 354 g/mol. The Morgan fingerprint density at radius 3 is 2.35 bits per heavy atom. The highest BCUT2D eigenvalue weighted by Gasteiger charge is 2.27. The van der Waals surface area contributed by atoms with Crippen LogP contribution in [0.5, 0.6) is 5.75 Å². The van der Waals surface area contributed by atoms with E-state index in [1.807, 2.05) is 30.9 Å². The summed E-state index contributed by atoms with van der Waals surface area (Å²) in [5, 5.41) is 0.492. The molecule has 0 saturated carbocycles. The number of carbonyl (C=O) groups is 2. The number of benzene rings is 1. The Bertz CT molecular complexity index is 614. The molecule has 1 unspecified atom stereocenters. The van der Waals surface area contributed by atoms with Crippen molar-refractivity contribution < 1.29 is 14.3 Å². The fraction of sp³-hybridized carbons (Fsp3) is 0.579. The van der Waals surface area contributed by atoms with Crippen molar-refractivity contribution in [1.29, 1.82) is 0 Å². The quantitative estimate of drug-likeness (QED) is 0.726. The van der Waals surface area contributed by atoms with Crippen molar-refractivity contribution in [2.24, 2.45) is 0 Å². The van der Waals surface area contributed by atoms with E-state index < -0.39 is 6.10 Å². The molecule has 1 heterocycles. The summed E-state index contributed by atoms with van der Waals surface area (Å²) in [6.07, 6.45) is -0.598. The zero-order valence-electron chi connectivity index (χ0n) is 15.8. The molecule has 0 bridgehead atoms. The van der Waals surface area contributed by atoms with Gasteiger partial charge in [-0.05, 0) is 32.9 Å². The third kappa shape index (κ3) is 5.35. The molecule has 0 spiro atoms. The molecule has 144 valence electrons. The van der Waals surface area contributed by atoms with E-state index >= 15 is 0 Å². The number of piperazine rings is 1. The number of ether oxygens (including phenoxy) is 1. The third-order valence-corrected chi connectivity index (χ3v) is 4.96. The van der Waals surface area contributed by atoms with Crippen LogP contribution in [0.2, 0.25) is 5.02 Å². The average Bonchev–Trinajstić information content (AvgIpc) is 2.64. The highest BCUT2D eigenvalue weighted by Crippen LogP contribution is 2.24. The van der Waals surface area contributed by atoms with Crippen LogP contribution in [-0.4, -0.2) is 78.4 Å². The van der Waals surface area contributed by atoms with Crippen LogP contribution in [0.4, 0.5) is 0 Å². The normalized spacial score (nSPS) is 16.2. The maximum atomic E-state index is 12.6. The Balaban J connectivity index is 1.82. The first-order valence-corrected chi connectivity index (χ1v) is 9.54. The smallest absolute Gasteiger partial charge is 0.263 e. The first-order valence-electron chi connectivity index (χ1n) is 9.16. The highest BCUT2D eigenvalue weighted by molar-refractivity contribution is 6.32. The highest BCUT2D eigenvalue weighted by atomic mass is 35.5. The minimum Gasteiger partial charge on any atom is -0.479 e. The molecule has 0 aliphatic carbocycles. The van der Waals surface area contributed by atoms with Gasteiger partial charge in [0.1, 0.15) is 5.75 Å². The van der Waals surface area contributed by atoms with Crippen LogP contribution in [0.15, 0.2) is 24.3 Å². The number of likely N-dealkylation sites (N-methyl/N-ethyl adjacent to an activating group) is 1. The minimum absolute atomic E-state index is 0.0559. The summed E-state index contributed by atoms with van der Waals surface area (Å²) in [5.74, 6) is 0.600. The van der Waals surface area contributed by atoms with Gasteiger partial charge in [-0.25, -0.2) is 0 Å². The molecule has 26 heavy (non-hydrogen) atoms. The van der Waals surface area contributed by atoms with Gasteiger partial charge < -0.3 is 14.5 Å². The van der Waals surface area contributed by atoms with Crippen molar-refractivity contribution in [3.05, 3.63) is 29.3 Å². The summed E-state index contributed by atoms with van der Waals surface area (Å²) >= 11 is 6.08. The number of hydrogen-bond donors (Lipinski definition) is 0. The second-order valence-electron chi connectivity index (χ2n) is 6.36. The van der Waals surface area contributed by atoms with E-state index in [9.17, 15) is 9.59 Å². The Kier molecular flexibility index (Phi) is 7.72. The molecule has 1 aliphatic heterocycles. The number of hydrogen-bond acceptors (Lipinski definition) is 4. The molecule has 0 N–H and O–H groups in total. The summed E-state index contributed by atoms with van der Waals surface area (Å²) in [7, 11) is 0. The first-order chi connectivity index (χ1) is 12.5. The van der Waals surface area contributed by atoms with Gasteiger partial charge in [-0.2, -0.15) is 0 Å². The molecule has 0 radical (unpaired) electrons. The Morgan fingerprint density at radius 2 is 1.77 bits per heavy atom. The second kappa shape index (κ2) is 9.78. The van der Waals surface area contributed by atoms with Crippen LogP contribution in [0.1, 0.15) is 20.8 Å². The maximum Gasteiger partial charge on any atom is 0.263 e. The van der Waals surface area contributed by atoms with Gasteiger partial charge in [-0.3, -0.25) is 14.5 Å². The van der Waals surface area contributed by atoms with Crippen LogP contribution in [-0.2, 0) is 9.59 Å². The molecule has 1 fully saturated rings. The third-order valence-electron chi connectivity index (χ3n) is 4.65. The van der Waals surface area contributed by atoms with Crippen molar-refractivity contribution in [2.75, 3.05) is 45.8 Å². The largest absolute Gasteiger partial charge is 0.479 e. The molecular formula is C19H28ClN3O3. The number of nitrogens with zero attached hydrogens (tertiary/aromatic N) is 3. The Morgan fingerprint density at radius 1 is 1.15 bits per heavy atom. The van der Waals surface area contributed by atoms with Crippen molar-refractivity contribution in [3.63, 3.8) is 0 Å². The summed E-state index contributed by atoms with van der Waals surface area (Å²) in [6, 6.07) is 7.13. The van der Waals surface area contributed by atoms with Gasteiger partial charge in [-0.1, -0.05) is 23.7 Å². The monoisotopic (exact) mass is 381 g/mol. The lowest BCUT2D eigenvalue weighted by atomic mass is 10.2. The SMILES string of the molecule is CCN(CC)C(=O)CN1CCN(C(=O)C(C)Oc2ccccc2Cl)CC1. The molecule has 2 amide bonds. The van der Waals surface area contributed by atoms with E-state index in [-0.39, 0.29) is 11.8 Å². The molecule has 1 aromatic carbocycles. The van der Waals surface area contributed by atoms with Gasteiger partial charge in [0.2, 0.25) is 5.91 Å². The Labute approximate surface area is 160 Å². The number of carbonyl (C=O) groups excluding carboxylic acids is 2. The second-order valence-corrected chi connectivity index (χ2v) is 6.77. The fourth-order valence-electron chi connectivity index (χ4n) is 3.03. The average molecular weight is 382 g/mol. The van der Waals surface area contributed by atoms with Crippen LogP contribution in [0.25, 0.3) is 0 Å². The lowest BCUT2D eigenvalue weighted by Gasteiger charge is -2.36. The summed E-state index contributed by atoms with van der Waals surface area (Å²) in [4.78, 5) is 30.5. The van der Waals surface area contributed by atoms with Gasteiger partial charge in [0.15, 0.2) is 6.10 Å². The van der Waals surface area contributed by atoms with Crippen LogP contribution in [0.3, 0.4) is 0 Å². The van der Waals surface area contributed by atoms with Gasteiger partial charge in [0.05, 0.1) is 11.6 Å². The van der Waals surface area contributed by atoms with Gasteiger partial charge in [-0.15, -0.1) is 0 Å². The number of para-hydroxylation sites is 1. The lowest BCUT2D eigenvalue weighted by molar-refractivity contribution is -0.140. The van der Waals surface area contributed by atoms with E-state index in [4.69, 9.17) is 16.3 Å². The van der Waals surface area contributed by atoms with Crippen LogP contribution in [0, 0.1) is 0 Å². The molecule has 1 aromatic rings. The molecule has 1 aliphatic rings. The van der Waals surface area contributed by atoms with Crippen molar-refractivity contribution in [2.45, 2.75) is 26.9 Å². The summed E-state index contributed by atoms with van der Waals surface area (Å²) < 4.78 is 5.71. The zero-order chi connectivity index (χ0) is 19.1. The first kappa shape index (κ1) is 20.5. The van der Waals surface area contributed by atoms with E-state index in [2.05, 4.69) is 4.90 Å². The number of amides is 2. The van der Waals surface area contributed by atoms with Crippen LogP contribution >= 0.6 is 11.6 Å². The van der Waals surface area contributed by atoms with Crippen molar-refractivity contribution in [3.8, 4) is 5.75 Å². The number of rotatable bonds is 7. The molecule has 6 nitrogen and oxygen atoms in total. The van der Waals surface area contributed by atoms with Crippen LogP contribution < -0.4 is 4.74 Å². The maximum absolute atomic E-state index is 12.6. The summed E-state index contributed by atoms with van der Waals surface area (Å²) in [5.41, 5.74) is 0. The molecule has 7 heteroatoms. The van der Waals surface area contributed by atoms with E-state index in [0.717, 1.165) is 13.1 Å². The minimum atomic E-state index is -0.598. The summed E-state index contributed by atoms with van der Waals surface area (Å²) in [6.45, 7) is 10.2. The number of halogens is 1. The van der Waals surface area contributed by atoms with E-state index in [1.165, 1.54) is 0 Å². The Hall–Kier alpha value is -1.79. The zero-order valence-corrected chi connectivity index (χ0v) is 16.5. The fourth-order valence-corrected chi connectivity index (χ4v) is 3.21.